The Kier molecular flexibility index (Phi) is 6.18. The average Bonchev–Trinajstić information content (AvgIpc) is 3.16. The Bertz CT molecular complexity index is 789. The molecule has 0 aromatic heterocycles. The SMILES string of the molecule is CC1(C(=O)ON2C(=O)CCC2=O)C/C=C\C(OC(=O)ON2C(=O)CCC2=O)CCC1. The van der Waals surface area contributed by atoms with Crippen molar-refractivity contribution >= 4 is 35.8 Å². The zero-order valence-corrected chi connectivity index (χ0v) is 16.5. The van der Waals surface area contributed by atoms with Gasteiger partial charge in [0.2, 0.25) is 0 Å². The number of imide groups is 2. The molecule has 0 saturated carbocycles. The first-order chi connectivity index (χ1) is 14.2. The molecule has 2 heterocycles. The molecule has 1 aliphatic carbocycles. The maximum absolute atomic E-state index is 12.6. The molecule has 3 rings (SSSR count). The normalized spacial score (nSPS) is 28.2. The third-order valence-corrected chi connectivity index (χ3v) is 5.23. The van der Waals surface area contributed by atoms with Gasteiger partial charge in [0.25, 0.3) is 23.6 Å². The zero-order chi connectivity index (χ0) is 21.9. The fraction of sp³-hybridized carbons (Fsp3) is 0.579. The summed E-state index contributed by atoms with van der Waals surface area (Å²) in [6.45, 7) is 1.67. The summed E-state index contributed by atoms with van der Waals surface area (Å²) in [5.74, 6) is -2.97. The molecule has 162 valence electrons. The number of rotatable bonds is 4. The van der Waals surface area contributed by atoms with Gasteiger partial charge in [0.05, 0.1) is 5.41 Å². The molecule has 2 fully saturated rings. The first-order valence-electron chi connectivity index (χ1n) is 9.69. The summed E-state index contributed by atoms with van der Waals surface area (Å²) < 4.78 is 5.14. The smallest absolute Gasteiger partial charge is 0.425 e. The number of hydrogen-bond donors (Lipinski definition) is 0. The molecular weight excluding hydrogens is 400 g/mol. The van der Waals surface area contributed by atoms with Crippen LogP contribution in [0.15, 0.2) is 12.2 Å². The molecule has 0 bridgehead atoms. The second kappa shape index (κ2) is 8.64. The highest BCUT2D eigenvalue weighted by atomic mass is 16.8. The number of hydroxylamine groups is 4. The Labute approximate surface area is 171 Å². The third-order valence-electron chi connectivity index (χ3n) is 5.23. The van der Waals surface area contributed by atoms with E-state index in [4.69, 9.17) is 9.57 Å². The lowest BCUT2D eigenvalue weighted by Crippen LogP contribution is -2.39. The minimum Gasteiger partial charge on any atom is -0.425 e. The maximum atomic E-state index is 12.6. The van der Waals surface area contributed by atoms with Gasteiger partial charge < -0.3 is 9.57 Å². The van der Waals surface area contributed by atoms with Crippen LogP contribution in [0.5, 0.6) is 0 Å². The van der Waals surface area contributed by atoms with Crippen LogP contribution >= 0.6 is 0 Å². The largest absolute Gasteiger partial charge is 0.534 e. The van der Waals surface area contributed by atoms with E-state index >= 15 is 0 Å². The van der Waals surface area contributed by atoms with Crippen LogP contribution in [0.3, 0.4) is 0 Å². The molecule has 0 radical (unpaired) electrons. The molecule has 3 aliphatic rings. The third kappa shape index (κ3) is 4.66. The Morgan fingerprint density at radius 1 is 0.933 bits per heavy atom. The van der Waals surface area contributed by atoms with Gasteiger partial charge in [-0.05, 0) is 38.7 Å². The zero-order valence-electron chi connectivity index (χ0n) is 16.5. The predicted molar refractivity (Wildman–Crippen MR) is 95.3 cm³/mol. The van der Waals surface area contributed by atoms with Crippen LogP contribution < -0.4 is 0 Å². The van der Waals surface area contributed by atoms with Crippen molar-refractivity contribution in [2.24, 2.45) is 5.41 Å². The highest BCUT2D eigenvalue weighted by molar-refractivity contribution is 6.02. The minimum absolute atomic E-state index is 0.0151. The van der Waals surface area contributed by atoms with Gasteiger partial charge >= 0.3 is 12.1 Å². The highest BCUT2D eigenvalue weighted by Crippen LogP contribution is 2.34. The summed E-state index contributed by atoms with van der Waals surface area (Å²) in [7, 11) is 0. The van der Waals surface area contributed by atoms with Crippen molar-refractivity contribution in [2.75, 3.05) is 0 Å². The number of nitrogens with zero attached hydrogens (tertiary/aromatic N) is 2. The monoisotopic (exact) mass is 422 g/mol. The fourth-order valence-electron chi connectivity index (χ4n) is 3.38. The second-order valence-corrected chi connectivity index (χ2v) is 7.63. The molecule has 2 atom stereocenters. The van der Waals surface area contributed by atoms with Crippen molar-refractivity contribution < 1.29 is 43.2 Å². The van der Waals surface area contributed by atoms with Gasteiger partial charge in [0.1, 0.15) is 6.10 Å². The summed E-state index contributed by atoms with van der Waals surface area (Å²) in [5, 5.41) is 0.932. The molecule has 0 aromatic rings. The van der Waals surface area contributed by atoms with Gasteiger partial charge in [-0.15, -0.1) is 5.06 Å². The van der Waals surface area contributed by atoms with Gasteiger partial charge in [-0.2, -0.15) is 0 Å². The Morgan fingerprint density at radius 2 is 1.47 bits per heavy atom. The van der Waals surface area contributed by atoms with E-state index in [9.17, 15) is 28.8 Å². The van der Waals surface area contributed by atoms with Crippen molar-refractivity contribution in [3.63, 3.8) is 0 Å². The van der Waals surface area contributed by atoms with Crippen molar-refractivity contribution in [1.82, 2.24) is 10.1 Å². The van der Waals surface area contributed by atoms with E-state index in [-0.39, 0.29) is 32.1 Å². The van der Waals surface area contributed by atoms with E-state index < -0.39 is 47.3 Å². The van der Waals surface area contributed by atoms with Crippen molar-refractivity contribution in [3.8, 4) is 0 Å². The van der Waals surface area contributed by atoms with Crippen molar-refractivity contribution in [3.05, 3.63) is 12.2 Å². The molecule has 4 amide bonds. The molecule has 2 saturated heterocycles. The molecule has 2 unspecified atom stereocenters. The van der Waals surface area contributed by atoms with Gasteiger partial charge in [0.15, 0.2) is 0 Å². The predicted octanol–water partition coefficient (Wildman–Crippen LogP) is 1.32. The average molecular weight is 422 g/mol. The standard InChI is InChI=1S/C19H22N2O9/c1-19(17(26)29-20-13(22)6-7-14(20)23)10-2-4-12(5-3-11-19)28-18(27)30-21-15(24)8-9-16(21)25/h2,4,12H,3,5-11H2,1H3/b4-2-. The summed E-state index contributed by atoms with van der Waals surface area (Å²) in [6, 6.07) is 0. The molecule has 0 spiro atoms. The molecule has 11 heteroatoms. The number of ether oxygens (including phenoxy) is 1. The first-order valence-corrected chi connectivity index (χ1v) is 9.69. The van der Waals surface area contributed by atoms with Crippen LogP contribution in [-0.2, 0) is 38.4 Å². The number of carbonyl (C=O) groups excluding carboxylic acids is 6. The summed E-state index contributed by atoms with van der Waals surface area (Å²) in [4.78, 5) is 80.4. The Morgan fingerprint density at radius 3 is 2.03 bits per heavy atom. The summed E-state index contributed by atoms with van der Waals surface area (Å²) >= 11 is 0. The number of hydrogen-bond acceptors (Lipinski definition) is 9. The van der Waals surface area contributed by atoms with Gasteiger partial charge in [-0.3, -0.25) is 24.0 Å². The van der Waals surface area contributed by atoms with Crippen molar-refractivity contribution in [1.29, 1.82) is 0 Å². The maximum Gasteiger partial charge on any atom is 0.534 e. The lowest BCUT2D eigenvalue weighted by Gasteiger charge is -2.29. The summed E-state index contributed by atoms with van der Waals surface area (Å²) in [5.41, 5.74) is -0.959. The number of amides is 4. The minimum atomic E-state index is -1.16. The molecule has 2 aliphatic heterocycles. The topological polar surface area (TPSA) is 137 Å². The molecule has 0 aromatic carbocycles. The number of allylic oxidation sites excluding steroid dienone is 1. The second-order valence-electron chi connectivity index (χ2n) is 7.63. The van der Waals surface area contributed by atoms with Gasteiger partial charge in [-0.1, -0.05) is 11.1 Å². The van der Waals surface area contributed by atoms with Crippen LogP contribution in [0.25, 0.3) is 0 Å². The van der Waals surface area contributed by atoms with Gasteiger partial charge in [-0.25, -0.2) is 9.59 Å². The van der Waals surface area contributed by atoms with E-state index in [0.717, 1.165) is 0 Å². The molecule has 11 nitrogen and oxygen atoms in total. The Balaban J connectivity index is 1.54. The molecule has 30 heavy (non-hydrogen) atoms. The van der Waals surface area contributed by atoms with E-state index in [0.29, 0.717) is 29.4 Å². The van der Waals surface area contributed by atoms with Crippen LogP contribution in [0.2, 0.25) is 0 Å². The van der Waals surface area contributed by atoms with Crippen LogP contribution in [0.4, 0.5) is 4.79 Å². The van der Waals surface area contributed by atoms with E-state index in [2.05, 4.69) is 4.84 Å². The van der Waals surface area contributed by atoms with Crippen molar-refractivity contribution in [2.45, 2.75) is 64.4 Å². The highest BCUT2D eigenvalue weighted by Gasteiger charge is 2.40. The van der Waals surface area contributed by atoms with E-state index in [1.54, 1.807) is 19.1 Å². The van der Waals surface area contributed by atoms with Crippen LogP contribution in [0.1, 0.15) is 58.3 Å². The fourth-order valence-corrected chi connectivity index (χ4v) is 3.38. The lowest BCUT2D eigenvalue weighted by atomic mass is 9.80. The van der Waals surface area contributed by atoms with Gasteiger partial charge in [0, 0.05) is 25.7 Å². The van der Waals surface area contributed by atoms with E-state index in [1.165, 1.54) is 0 Å². The van der Waals surface area contributed by atoms with Crippen LogP contribution in [0, 0.1) is 5.41 Å². The quantitative estimate of drug-likeness (QED) is 0.373. The molecule has 0 N–H and O–H groups in total. The Hall–Kier alpha value is -3.24. The number of carbonyl (C=O) groups is 6. The first kappa shape index (κ1) is 21.5. The lowest BCUT2D eigenvalue weighted by molar-refractivity contribution is -0.205. The van der Waals surface area contributed by atoms with E-state index in [1.807, 2.05) is 0 Å². The summed E-state index contributed by atoms with van der Waals surface area (Å²) in [6.07, 6.45) is 2.83. The van der Waals surface area contributed by atoms with Crippen LogP contribution in [-0.4, -0.2) is 52.0 Å². The molecular formula is C19H22N2O9.